The number of aliphatic hydroxyl groups is 1. The molecule has 0 spiro atoms. The van der Waals surface area contributed by atoms with E-state index in [9.17, 15) is 15.2 Å². The Kier molecular flexibility index (Phi) is 4.06. The van der Waals surface area contributed by atoms with Gasteiger partial charge in [-0.15, -0.1) is 0 Å². The molecule has 1 aromatic rings. The molecule has 0 saturated heterocycles. The van der Waals surface area contributed by atoms with Gasteiger partial charge >= 0.3 is 0 Å². The molecule has 0 bridgehead atoms. The van der Waals surface area contributed by atoms with E-state index in [0.717, 1.165) is 11.1 Å². The maximum absolute atomic E-state index is 12.6. The van der Waals surface area contributed by atoms with Crippen LogP contribution in [0.3, 0.4) is 0 Å². The summed E-state index contributed by atoms with van der Waals surface area (Å²) in [6, 6.07) is 7.45. The lowest BCUT2D eigenvalue weighted by molar-refractivity contribution is 0.0591. The Balaban J connectivity index is 2.45. The van der Waals surface area contributed by atoms with Crippen LogP contribution in [0.15, 0.2) is 18.2 Å². The number of hydrogen-bond acceptors (Lipinski definition) is 3. The third-order valence-electron chi connectivity index (χ3n) is 4.16. The summed E-state index contributed by atoms with van der Waals surface area (Å²) in [6.07, 6.45) is 0. The second kappa shape index (κ2) is 5.40. The molecule has 4 heteroatoms. The van der Waals surface area contributed by atoms with E-state index in [4.69, 9.17) is 0 Å². The van der Waals surface area contributed by atoms with Gasteiger partial charge in [-0.3, -0.25) is 4.79 Å². The van der Waals surface area contributed by atoms with Crippen molar-refractivity contribution in [3.05, 3.63) is 34.9 Å². The summed E-state index contributed by atoms with van der Waals surface area (Å²) < 4.78 is 0. The van der Waals surface area contributed by atoms with Gasteiger partial charge < -0.3 is 10.0 Å². The third-order valence-corrected chi connectivity index (χ3v) is 4.16. The fourth-order valence-electron chi connectivity index (χ4n) is 2.70. The monoisotopic (exact) mass is 300 g/mol. The molecule has 1 aromatic carbocycles. The van der Waals surface area contributed by atoms with Gasteiger partial charge in [0, 0.05) is 29.7 Å². The predicted octanol–water partition coefficient (Wildman–Crippen LogP) is 3.02. The standard InChI is InChI=1S/C18H24N2O2/c1-17(2,3)12-6-7-13-14(8-12)15(9-19)20(16(13)22)10-18(4,5)11-21/h6-8,15,21H,10-11H2,1-5H3. The SMILES string of the molecule is CC(C)(CO)CN1C(=O)c2ccc(C(C)(C)C)cc2C1C#N. The predicted molar refractivity (Wildman–Crippen MR) is 85.4 cm³/mol. The van der Waals surface area contributed by atoms with Gasteiger partial charge in [0.1, 0.15) is 6.04 Å². The van der Waals surface area contributed by atoms with Gasteiger partial charge in [0.15, 0.2) is 0 Å². The zero-order valence-electron chi connectivity index (χ0n) is 14.0. The number of hydrogen-bond donors (Lipinski definition) is 1. The van der Waals surface area contributed by atoms with Gasteiger partial charge in [-0.1, -0.05) is 46.8 Å². The maximum atomic E-state index is 12.6. The zero-order valence-corrected chi connectivity index (χ0v) is 14.0. The summed E-state index contributed by atoms with van der Waals surface area (Å²) in [4.78, 5) is 14.2. The molecule has 0 fully saturated rings. The van der Waals surface area contributed by atoms with Crippen molar-refractivity contribution in [3.63, 3.8) is 0 Å². The highest BCUT2D eigenvalue weighted by molar-refractivity contribution is 5.99. The lowest BCUT2D eigenvalue weighted by atomic mass is 9.85. The molecule has 1 N–H and O–H groups in total. The van der Waals surface area contributed by atoms with Crippen molar-refractivity contribution in [2.24, 2.45) is 5.41 Å². The molecule has 1 aliphatic heterocycles. The summed E-state index contributed by atoms with van der Waals surface area (Å²) in [6.45, 7) is 10.4. The highest BCUT2D eigenvalue weighted by Gasteiger charge is 2.40. The normalized spacial score (nSPS) is 18.3. The fraction of sp³-hybridized carbons (Fsp3) is 0.556. The summed E-state index contributed by atoms with van der Waals surface area (Å²) in [7, 11) is 0. The van der Waals surface area contributed by atoms with Gasteiger partial charge in [0.05, 0.1) is 6.07 Å². The van der Waals surface area contributed by atoms with Crippen LogP contribution >= 0.6 is 0 Å². The molecule has 1 unspecified atom stereocenters. The Hall–Kier alpha value is -1.86. The zero-order chi connectivity index (χ0) is 16.7. The molecule has 0 saturated carbocycles. The number of rotatable bonds is 3. The Morgan fingerprint density at radius 3 is 2.41 bits per heavy atom. The maximum Gasteiger partial charge on any atom is 0.255 e. The molecular formula is C18H24N2O2. The van der Waals surface area contributed by atoms with Crippen LogP contribution < -0.4 is 0 Å². The molecule has 1 heterocycles. The van der Waals surface area contributed by atoms with Crippen molar-refractivity contribution in [1.29, 1.82) is 5.26 Å². The topological polar surface area (TPSA) is 64.3 Å². The van der Waals surface area contributed by atoms with E-state index >= 15 is 0 Å². The number of carbonyl (C=O) groups is 1. The number of carbonyl (C=O) groups excluding carboxylic acids is 1. The van der Waals surface area contributed by atoms with Crippen LogP contribution in [0, 0.1) is 16.7 Å². The van der Waals surface area contributed by atoms with Gasteiger partial charge in [-0.2, -0.15) is 5.26 Å². The average molecular weight is 300 g/mol. The van der Waals surface area contributed by atoms with Crippen LogP contribution in [-0.2, 0) is 5.41 Å². The fourth-order valence-corrected chi connectivity index (χ4v) is 2.70. The second-order valence-electron chi connectivity index (χ2n) is 7.84. The molecule has 1 amide bonds. The molecular weight excluding hydrogens is 276 g/mol. The molecule has 22 heavy (non-hydrogen) atoms. The van der Waals surface area contributed by atoms with Crippen molar-refractivity contribution < 1.29 is 9.90 Å². The van der Waals surface area contributed by atoms with Gasteiger partial charge in [-0.05, 0) is 17.0 Å². The van der Waals surface area contributed by atoms with Crippen LogP contribution in [0.1, 0.15) is 62.1 Å². The number of amides is 1. The number of nitriles is 1. The summed E-state index contributed by atoms with van der Waals surface area (Å²) in [5.41, 5.74) is 2.04. The number of nitrogens with zero attached hydrogens (tertiary/aromatic N) is 2. The highest BCUT2D eigenvalue weighted by Crippen LogP contribution is 2.37. The molecule has 1 aliphatic rings. The van der Waals surface area contributed by atoms with E-state index in [2.05, 4.69) is 26.8 Å². The average Bonchev–Trinajstić information content (AvgIpc) is 2.69. The van der Waals surface area contributed by atoms with Crippen molar-refractivity contribution >= 4 is 5.91 Å². The second-order valence-corrected chi connectivity index (χ2v) is 7.84. The van der Waals surface area contributed by atoms with Gasteiger partial charge in [0.2, 0.25) is 0 Å². The lowest BCUT2D eigenvalue weighted by Crippen LogP contribution is -2.38. The first-order valence-corrected chi connectivity index (χ1v) is 7.56. The molecule has 0 radical (unpaired) electrons. The van der Waals surface area contributed by atoms with Crippen molar-refractivity contribution in [3.8, 4) is 6.07 Å². The molecule has 1 atom stereocenters. The number of fused-ring (bicyclic) bond motifs is 1. The first kappa shape index (κ1) is 16.5. The third kappa shape index (κ3) is 2.86. The Bertz CT molecular complexity index is 635. The molecule has 0 aromatic heterocycles. The van der Waals surface area contributed by atoms with E-state index < -0.39 is 11.5 Å². The minimum absolute atomic E-state index is 0.0293. The van der Waals surface area contributed by atoms with E-state index in [1.54, 1.807) is 4.90 Å². The van der Waals surface area contributed by atoms with E-state index in [1.807, 2.05) is 32.0 Å². The minimum atomic E-state index is -0.573. The van der Waals surface area contributed by atoms with Crippen LogP contribution in [0.25, 0.3) is 0 Å². The van der Waals surface area contributed by atoms with Gasteiger partial charge in [0.25, 0.3) is 5.91 Å². The smallest absolute Gasteiger partial charge is 0.255 e. The van der Waals surface area contributed by atoms with Crippen LogP contribution in [0.2, 0.25) is 0 Å². The molecule has 0 aliphatic carbocycles. The Labute approximate surface area is 132 Å². The van der Waals surface area contributed by atoms with Crippen LogP contribution in [0.5, 0.6) is 0 Å². The Morgan fingerprint density at radius 1 is 1.27 bits per heavy atom. The van der Waals surface area contributed by atoms with Crippen molar-refractivity contribution in [1.82, 2.24) is 4.90 Å². The first-order chi connectivity index (χ1) is 10.1. The van der Waals surface area contributed by atoms with Crippen molar-refractivity contribution in [2.45, 2.75) is 46.1 Å². The summed E-state index contributed by atoms with van der Waals surface area (Å²) >= 11 is 0. The van der Waals surface area contributed by atoms with Crippen molar-refractivity contribution in [2.75, 3.05) is 13.2 Å². The number of benzene rings is 1. The largest absolute Gasteiger partial charge is 0.396 e. The summed E-state index contributed by atoms with van der Waals surface area (Å²) in [5, 5.41) is 19.0. The lowest BCUT2D eigenvalue weighted by Gasteiger charge is -2.30. The Morgan fingerprint density at radius 2 is 1.91 bits per heavy atom. The quantitative estimate of drug-likeness (QED) is 0.933. The highest BCUT2D eigenvalue weighted by atomic mass is 16.3. The van der Waals surface area contributed by atoms with Crippen LogP contribution in [-0.4, -0.2) is 29.1 Å². The first-order valence-electron chi connectivity index (χ1n) is 7.56. The van der Waals surface area contributed by atoms with Gasteiger partial charge in [-0.25, -0.2) is 0 Å². The number of aliphatic hydroxyl groups excluding tert-OH is 1. The molecule has 4 nitrogen and oxygen atoms in total. The van der Waals surface area contributed by atoms with E-state index in [-0.39, 0.29) is 17.9 Å². The minimum Gasteiger partial charge on any atom is -0.396 e. The van der Waals surface area contributed by atoms with E-state index in [1.165, 1.54) is 0 Å². The van der Waals surface area contributed by atoms with E-state index in [0.29, 0.717) is 12.1 Å². The molecule has 2 rings (SSSR count). The summed E-state index contributed by atoms with van der Waals surface area (Å²) in [5.74, 6) is -0.122. The molecule has 118 valence electrons. The van der Waals surface area contributed by atoms with Crippen LogP contribution in [0.4, 0.5) is 0 Å².